The number of aliphatic imine (C=N–C) groups is 1. The fourth-order valence-corrected chi connectivity index (χ4v) is 3.43. The van der Waals surface area contributed by atoms with Crippen molar-refractivity contribution in [2.24, 2.45) is 4.99 Å². The van der Waals surface area contributed by atoms with E-state index in [9.17, 15) is 0 Å². The summed E-state index contributed by atoms with van der Waals surface area (Å²) in [6.07, 6.45) is 1.91. The summed E-state index contributed by atoms with van der Waals surface area (Å²) < 4.78 is 8.17. The lowest BCUT2D eigenvalue weighted by Gasteiger charge is -2.25. The number of fused-ring (bicyclic) bond motifs is 1. The van der Waals surface area contributed by atoms with Gasteiger partial charge in [-0.25, -0.2) is 14.7 Å². The first-order valence-corrected chi connectivity index (χ1v) is 9.68. The fraction of sp³-hybridized carbons (Fsp3) is 0.500. The van der Waals surface area contributed by atoms with E-state index in [0.29, 0.717) is 13.2 Å². The molecule has 7 nitrogen and oxygen atoms in total. The van der Waals surface area contributed by atoms with Gasteiger partial charge >= 0.3 is 0 Å². The van der Waals surface area contributed by atoms with E-state index in [4.69, 9.17) is 9.73 Å². The van der Waals surface area contributed by atoms with Crippen LogP contribution < -0.4 is 10.6 Å². The SMILES string of the molecule is CCNC(=NCc1cccc(Br)c1)NC1CCc2nc(COC)nn2C1. The lowest BCUT2D eigenvalue weighted by Crippen LogP contribution is -2.47. The maximum absolute atomic E-state index is 5.12. The number of hydrogen-bond acceptors (Lipinski definition) is 4. The predicted octanol–water partition coefficient (Wildman–Crippen LogP) is 2.26. The molecule has 1 aromatic carbocycles. The van der Waals surface area contributed by atoms with Crippen LogP contribution in [0.2, 0.25) is 0 Å². The summed E-state index contributed by atoms with van der Waals surface area (Å²) in [6, 6.07) is 8.50. The minimum absolute atomic E-state index is 0.278. The van der Waals surface area contributed by atoms with Crippen molar-refractivity contribution in [3.63, 3.8) is 0 Å². The predicted molar refractivity (Wildman–Crippen MR) is 105 cm³/mol. The molecular weight excluding hydrogens is 396 g/mol. The molecule has 0 radical (unpaired) electrons. The van der Waals surface area contributed by atoms with E-state index in [1.54, 1.807) is 7.11 Å². The molecule has 1 unspecified atom stereocenters. The Bertz CT molecular complexity index is 760. The summed E-state index contributed by atoms with van der Waals surface area (Å²) in [6.45, 7) is 4.77. The third kappa shape index (κ3) is 5.04. The van der Waals surface area contributed by atoms with E-state index in [2.05, 4.69) is 55.7 Å². The zero-order valence-corrected chi connectivity index (χ0v) is 16.8. The molecule has 1 aliphatic heterocycles. The van der Waals surface area contributed by atoms with Crippen LogP contribution in [0.4, 0.5) is 0 Å². The number of hydrogen-bond donors (Lipinski definition) is 2. The van der Waals surface area contributed by atoms with E-state index in [1.165, 1.54) is 5.56 Å². The van der Waals surface area contributed by atoms with Crippen LogP contribution in [0.15, 0.2) is 33.7 Å². The van der Waals surface area contributed by atoms with Crippen LogP contribution in [-0.4, -0.2) is 40.4 Å². The molecule has 0 amide bonds. The number of nitrogens with zero attached hydrogens (tertiary/aromatic N) is 4. The quantitative estimate of drug-likeness (QED) is 0.553. The van der Waals surface area contributed by atoms with Gasteiger partial charge in [0.15, 0.2) is 11.8 Å². The Morgan fingerprint density at radius 1 is 1.46 bits per heavy atom. The van der Waals surface area contributed by atoms with Crippen LogP contribution in [0.25, 0.3) is 0 Å². The molecule has 26 heavy (non-hydrogen) atoms. The summed E-state index contributed by atoms with van der Waals surface area (Å²) in [7, 11) is 1.66. The molecule has 0 aliphatic carbocycles. The summed E-state index contributed by atoms with van der Waals surface area (Å²) >= 11 is 3.50. The van der Waals surface area contributed by atoms with Crippen LogP contribution in [0.1, 0.15) is 30.6 Å². The van der Waals surface area contributed by atoms with Gasteiger partial charge in [0.1, 0.15) is 12.4 Å². The molecule has 0 bridgehead atoms. The number of rotatable bonds is 6. The van der Waals surface area contributed by atoms with Gasteiger partial charge in [-0.2, -0.15) is 5.10 Å². The van der Waals surface area contributed by atoms with E-state index in [-0.39, 0.29) is 6.04 Å². The summed E-state index contributed by atoms with van der Waals surface area (Å²) in [4.78, 5) is 9.24. The van der Waals surface area contributed by atoms with Crippen LogP contribution >= 0.6 is 15.9 Å². The molecule has 0 fully saturated rings. The second kappa shape index (κ2) is 9.14. The maximum Gasteiger partial charge on any atom is 0.191 e. The standard InChI is InChI=1S/C18H25BrN6O/c1-3-20-18(21-10-13-5-4-6-14(19)9-13)22-15-7-8-17-23-16(12-26-2)24-25(17)11-15/h4-6,9,15H,3,7-8,10-12H2,1-2H3,(H2,20,21,22). The third-order valence-corrected chi connectivity index (χ3v) is 4.66. The Morgan fingerprint density at radius 2 is 2.35 bits per heavy atom. The molecule has 1 atom stereocenters. The number of benzene rings is 1. The van der Waals surface area contributed by atoms with Gasteiger partial charge in [0, 0.05) is 30.6 Å². The molecule has 2 N–H and O–H groups in total. The first-order valence-electron chi connectivity index (χ1n) is 8.88. The van der Waals surface area contributed by atoms with Crippen molar-refractivity contribution >= 4 is 21.9 Å². The van der Waals surface area contributed by atoms with Crippen molar-refractivity contribution in [3.8, 4) is 0 Å². The highest BCUT2D eigenvalue weighted by Crippen LogP contribution is 2.14. The number of halogens is 1. The Morgan fingerprint density at radius 3 is 3.12 bits per heavy atom. The van der Waals surface area contributed by atoms with Gasteiger partial charge in [-0.1, -0.05) is 28.1 Å². The largest absolute Gasteiger partial charge is 0.377 e. The van der Waals surface area contributed by atoms with E-state index < -0.39 is 0 Å². The molecule has 3 rings (SSSR count). The average Bonchev–Trinajstić information content (AvgIpc) is 3.02. The molecule has 0 saturated heterocycles. The van der Waals surface area contributed by atoms with Crippen LogP contribution in [0.5, 0.6) is 0 Å². The molecule has 2 heterocycles. The van der Waals surface area contributed by atoms with Crippen LogP contribution in [0.3, 0.4) is 0 Å². The average molecular weight is 421 g/mol. The Hall–Kier alpha value is -1.93. The smallest absolute Gasteiger partial charge is 0.191 e. The first kappa shape index (κ1) is 18.8. The molecule has 1 aromatic heterocycles. The first-order chi connectivity index (χ1) is 12.7. The van der Waals surface area contributed by atoms with Crippen molar-refractivity contribution in [2.45, 2.75) is 45.5 Å². The summed E-state index contributed by atoms with van der Waals surface area (Å²) in [5.74, 6) is 2.61. The van der Waals surface area contributed by atoms with E-state index >= 15 is 0 Å². The Kier molecular flexibility index (Phi) is 6.62. The molecule has 1 aliphatic rings. The highest BCUT2D eigenvalue weighted by Gasteiger charge is 2.22. The van der Waals surface area contributed by atoms with Gasteiger partial charge in [0.25, 0.3) is 0 Å². The van der Waals surface area contributed by atoms with Crippen molar-refractivity contribution in [3.05, 3.63) is 46.0 Å². The highest BCUT2D eigenvalue weighted by molar-refractivity contribution is 9.10. The van der Waals surface area contributed by atoms with Crippen molar-refractivity contribution in [1.82, 2.24) is 25.4 Å². The topological polar surface area (TPSA) is 76.4 Å². The molecule has 2 aromatic rings. The molecule has 0 spiro atoms. The van der Waals surface area contributed by atoms with Gasteiger partial charge < -0.3 is 15.4 Å². The Labute approximate surface area is 162 Å². The zero-order chi connectivity index (χ0) is 18.4. The summed E-state index contributed by atoms with van der Waals surface area (Å²) in [5.41, 5.74) is 1.17. The van der Waals surface area contributed by atoms with Crippen molar-refractivity contribution < 1.29 is 4.74 Å². The van der Waals surface area contributed by atoms with Gasteiger partial charge in [0.2, 0.25) is 0 Å². The second-order valence-corrected chi connectivity index (χ2v) is 7.18. The van der Waals surface area contributed by atoms with Gasteiger partial charge in [-0.15, -0.1) is 0 Å². The number of ether oxygens (including phenoxy) is 1. The van der Waals surface area contributed by atoms with E-state index in [0.717, 1.165) is 48.0 Å². The third-order valence-electron chi connectivity index (χ3n) is 4.17. The monoisotopic (exact) mass is 420 g/mol. The maximum atomic E-state index is 5.12. The zero-order valence-electron chi connectivity index (χ0n) is 15.2. The lowest BCUT2D eigenvalue weighted by molar-refractivity contribution is 0.177. The lowest BCUT2D eigenvalue weighted by atomic mass is 10.1. The van der Waals surface area contributed by atoms with Crippen molar-refractivity contribution in [2.75, 3.05) is 13.7 Å². The van der Waals surface area contributed by atoms with Gasteiger partial charge in [0.05, 0.1) is 13.1 Å². The minimum atomic E-state index is 0.278. The molecular formula is C18H25BrN6O. The Balaban J connectivity index is 1.63. The highest BCUT2D eigenvalue weighted by atomic mass is 79.9. The van der Waals surface area contributed by atoms with E-state index in [1.807, 2.05) is 16.8 Å². The number of aryl methyl sites for hydroxylation is 1. The number of nitrogens with one attached hydrogen (secondary N) is 2. The van der Waals surface area contributed by atoms with Gasteiger partial charge in [-0.3, -0.25) is 0 Å². The van der Waals surface area contributed by atoms with Crippen LogP contribution in [-0.2, 0) is 30.9 Å². The molecule has 140 valence electrons. The molecule has 0 saturated carbocycles. The number of guanidine groups is 1. The fourth-order valence-electron chi connectivity index (χ4n) is 2.99. The molecule has 8 heteroatoms. The normalized spacial score (nSPS) is 17.0. The second-order valence-electron chi connectivity index (χ2n) is 6.26. The minimum Gasteiger partial charge on any atom is -0.377 e. The van der Waals surface area contributed by atoms with Crippen molar-refractivity contribution in [1.29, 1.82) is 0 Å². The number of methoxy groups -OCH3 is 1. The number of aromatic nitrogens is 3. The van der Waals surface area contributed by atoms with Gasteiger partial charge in [-0.05, 0) is 31.0 Å². The summed E-state index contributed by atoms with van der Waals surface area (Å²) in [5, 5.41) is 11.4. The van der Waals surface area contributed by atoms with Crippen LogP contribution in [0, 0.1) is 0 Å².